The zero-order valence-electron chi connectivity index (χ0n) is 12.5. The summed E-state index contributed by atoms with van der Waals surface area (Å²) in [6, 6.07) is 1.55. The number of hydrogen-bond donors (Lipinski definition) is 1. The van der Waals surface area contributed by atoms with E-state index in [2.05, 4.69) is 17.3 Å². The number of nitrogens with zero attached hydrogens (tertiary/aromatic N) is 1. The van der Waals surface area contributed by atoms with E-state index in [0.717, 1.165) is 25.2 Å². The maximum atomic E-state index is 6.20. The van der Waals surface area contributed by atoms with Gasteiger partial charge in [-0.05, 0) is 52.1 Å². The Bertz CT molecular complexity index is 286. The van der Waals surface area contributed by atoms with Gasteiger partial charge in [0, 0.05) is 25.2 Å². The molecule has 110 valence electrons. The standard InChI is InChI=1S/C16H30N2O/c1-17-13-15-6-2-5-10-18(15)14-7-11-19-16(12-14)8-3-4-9-16/h14-15,17H,2-13H2,1H3. The lowest BCUT2D eigenvalue weighted by Gasteiger charge is -2.47. The molecule has 1 spiro atoms. The van der Waals surface area contributed by atoms with Crippen LogP contribution >= 0.6 is 0 Å². The van der Waals surface area contributed by atoms with Crippen molar-refractivity contribution < 1.29 is 4.74 Å². The number of hydrogen-bond acceptors (Lipinski definition) is 3. The van der Waals surface area contributed by atoms with Crippen LogP contribution in [-0.2, 0) is 4.74 Å². The highest BCUT2D eigenvalue weighted by molar-refractivity contribution is 4.96. The Hall–Kier alpha value is -0.120. The lowest BCUT2D eigenvalue weighted by atomic mass is 9.86. The second kappa shape index (κ2) is 6.11. The topological polar surface area (TPSA) is 24.5 Å². The summed E-state index contributed by atoms with van der Waals surface area (Å²) in [5.74, 6) is 0. The van der Waals surface area contributed by atoms with E-state index in [1.165, 1.54) is 64.3 Å². The quantitative estimate of drug-likeness (QED) is 0.849. The fourth-order valence-electron chi connectivity index (χ4n) is 4.61. The van der Waals surface area contributed by atoms with Crippen molar-refractivity contribution in [2.75, 3.05) is 26.7 Å². The van der Waals surface area contributed by atoms with Gasteiger partial charge in [0.2, 0.25) is 0 Å². The molecule has 2 atom stereocenters. The second-order valence-corrected chi connectivity index (χ2v) is 6.83. The van der Waals surface area contributed by atoms with E-state index in [9.17, 15) is 0 Å². The zero-order valence-corrected chi connectivity index (χ0v) is 12.5. The van der Waals surface area contributed by atoms with Crippen molar-refractivity contribution in [3.05, 3.63) is 0 Å². The molecule has 3 aliphatic rings. The highest BCUT2D eigenvalue weighted by atomic mass is 16.5. The molecule has 1 N–H and O–H groups in total. The van der Waals surface area contributed by atoms with Crippen LogP contribution in [0.1, 0.15) is 57.8 Å². The van der Waals surface area contributed by atoms with Gasteiger partial charge in [0.15, 0.2) is 0 Å². The maximum absolute atomic E-state index is 6.20. The van der Waals surface area contributed by atoms with Gasteiger partial charge in [0.1, 0.15) is 0 Å². The van der Waals surface area contributed by atoms with Crippen molar-refractivity contribution in [3.63, 3.8) is 0 Å². The molecule has 2 saturated heterocycles. The lowest BCUT2D eigenvalue weighted by Crippen LogP contribution is -2.54. The fourth-order valence-corrected chi connectivity index (χ4v) is 4.61. The molecule has 0 bridgehead atoms. The number of piperidine rings is 1. The number of nitrogens with one attached hydrogen (secondary N) is 1. The van der Waals surface area contributed by atoms with E-state index in [0.29, 0.717) is 0 Å². The monoisotopic (exact) mass is 266 g/mol. The van der Waals surface area contributed by atoms with Crippen LogP contribution in [0.4, 0.5) is 0 Å². The van der Waals surface area contributed by atoms with Gasteiger partial charge < -0.3 is 10.1 Å². The molecule has 19 heavy (non-hydrogen) atoms. The van der Waals surface area contributed by atoms with Crippen LogP contribution < -0.4 is 5.32 Å². The first-order valence-electron chi connectivity index (χ1n) is 8.37. The number of ether oxygens (including phenoxy) is 1. The van der Waals surface area contributed by atoms with Crippen LogP contribution in [-0.4, -0.2) is 49.3 Å². The average Bonchev–Trinajstić information content (AvgIpc) is 2.88. The predicted molar refractivity (Wildman–Crippen MR) is 78.4 cm³/mol. The van der Waals surface area contributed by atoms with Crippen LogP contribution in [0, 0.1) is 0 Å². The summed E-state index contributed by atoms with van der Waals surface area (Å²) < 4.78 is 6.20. The zero-order chi connectivity index (χ0) is 13.1. The molecule has 0 aromatic rings. The van der Waals surface area contributed by atoms with Crippen molar-refractivity contribution in [2.24, 2.45) is 0 Å². The molecule has 1 saturated carbocycles. The fraction of sp³-hybridized carbons (Fsp3) is 1.00. The molecule has 2 unspecified atom stereocenters. The molecule has 1 aliphatic carbocycles. The van der Waals surface area contributed by atoms with Crippen molar-refractivity contribution >= 4 is 0 Å². The molecular formula is C16H30N2O. The molecule has 3 nitrogen and oxygen atoms in total. The molecule has 3 rings (SSSR count). The molecule has 2 heterocycles. The van der Waals surface area contributed by atoms with Crippen LogP contribution in [0.25, 0.3) is 0 Å². The molecule has 0 aromatic heterocycles. The largest absolute Gasteiger partial charge is 0.375 e. The first kappa shape index (κ1) is 13.8. The Morgan fingerprint density at radius 1 is 1.16 bits per heavy atom. The van der Waals surface area contributed by atoms with Gasteiger partial charge >= 0.3 is 0 Å². The normalized spacial score (nSPS) is 35.8. The summed E-state index contributed by atoms with van der Waals surface area (Å²) in [6.45, 7) is 3.46. The second-order valence-electron chi connectivity index (χ2n) is 6.83. The minimum atomic E-state index is 0.268. The van der Waals surface area contributed by atoms with Gasteiger partial charge in [-0.1, -0.05) is 19.3 Å². The average molecular weight is 266 g/mol. The van der Waals surface area contributed by atoms with Crippen molar-refractivity contribution in [1.82, 2.24) is 10.2 Å². The van der Waals surface area contributed by atoms with Crippen molar-refractivity contribution in [2.45, 2.75) is 75.5 Å². The number of rotatable bonds is 3. The molecule has 0 radical (unpaired) electrons. The summed E-state index contributed by atoms with van der Waals surface area (Å²) in [6.07, 6.45) is 12.1. The minimum absolute atomic E-state index is 0.268. The van der Waals surface area contributed by atoms with E-state index >= 15 is 0 Å². The SMILES string of the molecule is CNCC1CCCCN1C1CCOC2(CCCC2)C1. The van der Waals surface area contributed by atoms with E-state index in [-0.39, 0.29) is 5.60 Å². The van der Waals surface area contributed by atoms with E-state index in [4.69, 9.17) is 4.74 Å². The van der Waals surface area contributed by atoms with Gasteiger partial charge in [-0.2, -0.15) is 0 Å². The maximum Gasteiger partial charge on any atom is 0.0697 e. The molecule has 0 amide bonds. The Balaban J connectivity index is 1.65. The third-order valence-electron chi connectivity index (χ3n) is 5.56. The highest BCUT2D eigenvalue weighted by Gasteiger charge is 2.42. The Morgan fingerprint density at radius 3 is 2.79 bits per heavy atom. The van der Waals surface area contributed by atoms with Gasteiger partial charge in [-0.15, -0.1) is 0 Å². The Kier molecular flexibility index (Phi) is 4.45. The van der Waals surface area contributed by atoms with Crippen molar-refractivity contribution in [3.8, 4) is 0 Å². The molecule has 3 heteroatoms. The Morgan fingerprint density at radius 2 is 2.00 bits per heavy atom. The van der Waals surface area contributed by atoms with Crippen LogP contribution in [0.2, 0.25) is 0 Å². The lowest BCUT2D eigenvalue weighted by molar-refractivity contribution is -0.109. The first-order chi connectivity index (χ1) is 9.33. The number of likely N-dealkylation sites (N-methyl/N-ethyl adjacent to an activating group) is 1. The third kappa shape index (κ3) is 2.98. The molecule has 2 aliphatic heterocycles. The van der Waals surface area contributed by atoms with Crippen LogP contribution in [0.15, 0.2) is 0 Å². The Labute approximate surface area is 118 Å². The third-order valence-corrected chi connectivity index (χ3v) is 5.56. The van der Waals surface area contributed by atoms with Gasteiger partial charge in [-0.25, -0.2) is 0 Å². The summed E-state index contributed by atoms with van der Waals surface area (Å²) in [4.78, 5) is 2.82. The van der Waals surface area contributed by atoms with Gasteiger partial charge in [0.25, 0.3) is 0 Å². The summed E-state index contributed by atoms with van der Waals surface area (Å²) in [5, 5.41) is 3.39. The smallest absolute Gasteiger partial charge is 0.0697 e. The molecule has 3 fully saturated rings. The van der Waals surface area contributed by atoms with Gasteiger partial charge in [-0.3, -0.25) is 4.90 Å². The number of likely N-dealkylation sites (tertiary alicyclic amines) is 1. The van der Waals surface area contributed by atoms with Crippen LogP contribution in [0.5, 0.6) is 0 Å². The van der Waals surface area contributed by atoms with Crippen molar-refractivity contribution in [1.29, 1.82) is 0 Å². The van der Waals surface area contributed by atoms with E-state index < -0.39 is 0 Å². The first-order valence-corrected chi connectivity index (χ1v) is 8.37. The molecule has 0 aromatic carbocycles. The van der Waals surface area contributed by atoms with E-state index in [1.807, 2.05) is 0 Å². The molecular weight excluding hydrogens is 236 g/mol. The highest BCUT2D eigenvalue weighted by Crippen LogP contribution is 2.42. The van der Waals surface area contributed by atoms with E-state index in [1.54, 1.807) is 0 Å². The van der Waals surface area contributed by atoms with Crippen LogP contribution in [0.3, 0.4) is 0 Å². The summed E-state index contributed by atoms with van der Waals surface area (Å²) in [5.41, 5.74) is 0.268. The summed E-state index contributed by atoms with van der Waals surface area (Å²) >= 11 is 0. The minimum Gasteiger partial charge on any atom is -0.375 e. The summed E-state index contributed by atoms with van der Waals surface area (Å²) in [7, 11) is 2.09. The van der Waals surface area contributed by atoms with Gasteiger partial charge in [0.05, 0.1) is 5.60 Å². The predicted octanol–water partition coefficient (Wildman–Crippen LogP) is 2.55.